The zero-order valence-corrected chi connectivity index (χ0v) is 14.1. The van der Waals surface area contributed by atoms with E-state index in [9.17, 15) is 13.9 Å². The third-order valence-electron chi connectivity index (χ3n) is 3.80. The molecule has 0 aliphatic carbocycles. The first-order valence-corrected chi connectivity index (χ1v) is 7.84. The van der Waals surface area contributed by atoms with E-state index < -0.39 is 17.4 Å². The summed E-state index contributed by atoms with van der Waals surface area (Å²) in [7, 11) is 0. The number of nitrogens with one attached hydrogen (secondary N) is 1. The topological polar surface area (TPSA) is 35.5 Å². The van der Waals surface area contributed by atoms with Gasteiger partial charge in [-0.25, -0.2) is 4.39 Å². The zero-order chi connectivity index (χ0) is 15.8. The molecule has 2 N–H and O–H groups in total. The monoisotopic (exact) mass is 362 g/mol. The van der Waals surface area contributed by atoms with Crippen molar-refractivity contribution in [3.63, 3.8) is 0 Å². The highest BCUT2D eigenvalue weighted by molar-refractivity contribution is 9.10. The predicted octanol–water partition coefficient (Wildman–Crippen LogP) is 3.43. The van der Waals surface area contributed by atoms with Gasteiger partial charge < -0.3 is 10.4 Å². The number of phenolic OH excluding ortho intramolecular Hbond substituents is 1. The Balaban J connectivity index is 2.51. The number of rotatable bonds is 2. The van der Waals surface area contributed by atoms with Crippen molar-refractivity contribution in [2.75, 3.05) is 26.2 Å². The van der Waals surface area contributed by atoms with Gasteiger partial charge in [0.25, 0.3) is 0 Å². The Bertz CT molecular complexity index is 525. The quantitative estimate of drug-likeness (QED) is 0.791. The number of phenols is 1. The molecule has 1 saturated heterocycles. The van der Waals surface area contributed by atoms with Gasteiger partial charge >= 0.3 is 0 Å². The minimum atomic E-state index is -1.19. The van der Waals surface area contributed by atoms with Crippen LogP contribution in [-0.4, -0.2) is 36.2 Å². The van der Waals surface area contributed by atoms with Gasteiger partial charge in [-0.15, -0.1) is 0 Å². The lowest BCUT2D eigenvalue weighted by atomic mass is 9.80. The highest BCUT2D eigenvalue weighted by Crippen LogP contribution is 2.44. The summed E-state index contributed by atoms with van der Waals surface area (Å²) < 4.78 is 27.5. The summed E-state index contributed by atoms with van der Waals surface area (Å²) in [6.45, 7) is 9.41. The smallest absolute Gasteiger partial charge is 0.201 e. The second-order valence-corrected chi connectivity index (χ2v) is 7.33. The molecule has 1 aliphatic heterocycles. The molecule has 0 aromatic heterocycles. The Morgan fingerprint density at radius 3 is 2.33 bits per heavy atom. The molecule has 0 saturated carbocycles. The Morgan fingerprint density at radius 2 is 1.81 bits per heavy atom. The van der Waals surface area contributed by atoms with Crippen molar-refractivity contribution >= 4 is 15.9 Å². The van der Waals surface area contributed by atoms with E-state index in [1.54, 1.807) is 0 Å². The van der Waals surface area contributed by atoms with E-state index in [0.717, 1.165) is 26.2 Å². The number of halogens is 3. The Labute approximate surface area is 132 Å². The number of nitrogens with zero attached hydrogens (tertiary/aromatic N) is 1. The number of piperazine rings is 1. The molecule has 0 spiro atoms. The van der Waals surface area contributed by atoms with E-state index >= 15 is 0 Å². The summed E-state index contributed by atoms with van der Waals surface area (Å²) in [4.78, 5) is 2.20. The second-order valence-electron chi connectivity index (χ2n) is 6.48. The van der Waals surface area contributed by atoms with Gasteiger partial charge in [-0.05, 0) is 27.4 Å². The van der Waals surface area contributed by atoms with Crippen LogP contribution < -0.4 is 5.32 Å². The minimum Gasteiger partial charge on any atom is -0.505 e. The molecule has 1 atom stereocenters. The average molecular weight is 363 g/mol. The molecule has 118 valence electrons. The largest absolute Gasteiger partial charge is 0.505 e. The average Bonchev–Trinajstić information content (AvgIpc) is 2.42. The molecule has 1 aromatic rings. The number of aromatic hydroxyl groups is 1. The van der Waals surface area contributed by atoms with Crippen LogP contribution in [0.3, 0.4) is 0 Å². The van der Waals surface area contributed by atoms with E-state index in [4.69, 9.17) is 0 Å². The van der Waals surface area contributed by atoms with Crippen LogP contribution in [0.2, 0.25) is 0 Å². The van der Waals surface area contributed by atoms with Crippen molar-refractivity contribution in [2.45, 2.75) is 26.8 Å². The lowest BCUT2D eigenvalue weighted by Crippen LogP contribution is -2.48. The van der Waals surface area contributed by atoms with Crippen LogP contribution in [-0.2, 0) is 0 Å². The second kappa shape index (κ2) is 6.18. The first-order chi connectivity index (χ1) is 9.73. The molecule has 0 radical (unpaired) electrons. The highest BCUT2D eigenvalue weighted by Gasteiger charge is 2.36. The van der Waals surface area contributed by atoms with Crippen molar-refractivity contribution in [3.05, 3.63) is 27.7 Å². The van der Waals surface area contributed by atoms with Crippen LogP contribution in [0.1, 0.15) is 32.4 Å². The molecular formula is C15H21BrF2N2O. The first-order valence-electron chi connectivity index (χ1n) is 7.04. The zero-order valence-electron chi connectivity index (χ0n) is 12.5. The number of benzene rings is 1. The first kappa shape index (κ1) is 16.6. The molecule has 1 heterocycles. The molecule has 1 fully saturated rings. The lowest BCUT2D eigenvalue weighted by Gasteiger charge is -2.42. The summed E-state index contributed by atoms with van der Waals surface area (Å²) in [5.41, 5.74) is 0.202. The summed E-state index contributed by atoms with van der Waals surface area (Å²) >= 11 is 3.03. The Hall–Kier alpha value is -0.720. The fraction of sp³-hybridized carbons (Fsp3) is 0.600. The summed E-state index contributed by atoms with van der Waals surface area (Å²) in [5, 5.41) is 13.4. The van der Waals surface area contributed by atoms with Crippen molar-refractivity contribution in [2.24, 2.45) is 5.41 Å². The Morgan fingerprint density at radius 1 is 1.24 bits per heavy atom. The molecule has 0 unspecified atom stereocenters. The standard InChI is InChI=1S/C15H21BrF2N2O/c1-15(2,3)14(20-6-4-19-5-7-20)9-8-10(16)11(17)12(18)13(9)21/h8,14,19,21H,4-7H2,1-3H3/t14-/m1/s1. The maximum absolute atomic E-state index is 13.9. The fourth-order valence-corrected chi connectivity index (χ4v) is 3.38. The molecular weight excluding hydrogens is 342 g/mol. The number of hydrogen-bond acceptors (Lipinski definition) is 3. The van der Waals surface area contributed by atoms with E-state index in [2.05, 4.69) is 26.1 Å². The third-order valence-corrected chi connectivity index (χ3v) is 4.37. The van der Waals surface area contributed by atoms with Gasteiger partial charge in [0.1, 0.15) is 0 Å². The maximum Gasteiger partial charge on any atom is 0.201 e. The van der Waals surface area contributed by atoms with Gasteiger partial charge in [-0.2, -0.15) is 4.39 Å². The van der Waals surface area contributed by atoms with Crippen LogP contribution in [0.4, 0.5) is 8.78 Å². The van der Waals surface area contributed by atoms with Gasteiger partial charge in [0, 0.05) is 37.8 Å². The predicted molar refractivity (Wildman–Crippen MR) is 82.4 cm³/mol. The van der Waals surface area contributed by atoms with Gasteiger partial charge in [0.15, 0.2) is 11.6 Å². The van der Waals surface area contributed by atoms with Gasteiger partial charge in [0.05, 0.1) is 4.47 Å². The van der Waals surface area contributed by atoms with Gasteiger partial charge in [0.2, 0.25) is 5.82 Å². The molecule has 2 rings (SSSR count). The Kier molecular flexibility index (Phi) is 4.90. The number of hydrogen-bond donors (Lipinski definition) is 2. The highest BCUT2D eigenvalue weighted by atomic mass is 79.9. The summed E-state index contributed by atoms with van der Waals surface area (Å²) in [6, 6.07) is 1.30. The molecule has 6 heteroatoms. The molecule has 21 heavy (non-hydrogen) atoms. The van der Waals surface area contributed by atoms with Crippen molar-refractivity contribution < 1.29 is 13.9 Å². The SMILES string of the molecule is CC(C)(C)[C@@H](c1cc(Br)c(F)c(F)c1O)N1CCNCC1. The van der Waals surface area contributed by atoms with Crippen molar-refractivity contribution in [3.8, 4) is 5.75 Å². The van der Waals surface area contributed by atoms with Crippen LogP contribution >= 0.6 is 15.9 Å². The van der Waals surface area contributed by atoms with E-state index in [1.807, 2.05) is 20.8 Å². The van der Waals surface area contributed by atoms with Crippen molar-refractivity contribution in [1.29, 1.82) is 0 Å². The molecule has 1 aromatic carbocycles. The van der Waals surface area contributed by atoms with Crippen LogP contribution in [0, 0.1) is 17.0 Å². The van der Waals surface area contributed by atoms with Gasteiger partial charge in [-0.3, -0.25) is 4.90 Å². The lowest BCUT2D eigenvalue weighted by molar-refractivity contribution is 0.0836. The van der Waals surface area contributed by atoms with E-state index in [-0.39, 0.29) is 15.9 Å². The van der Waals surface area contributed by atoms with E-state index in [1.165, 1.54) is 6.07 Å². The molecule has 3 nitrogen and oxygen atoms in total. The summed E-state index contributed by atoms with van der Waals surface area (Å²) in [6.07, 6.45) is 0. The molecule has 0 amide bonds. The van der Waals surface area contributed by atoms with Crippen LogP contribution in [0.5, 0.6) is 5.75 Å². The fourth-order valence-electron chi connectivity index (χ4n) is 2.96. The van der Waals surface area contributed by atoms with Gasteiger partial charge in [-0.1, -0.05) is 20.8 Å². The van der Waals surface area contributed by atoms with E-state index in [0.29, 0.717) is 5.56 Å². The minimum absolute atomic E-state index is 0.0391. The molecule has 0 bridgehead atoms. The third kappa shape index (κ3) is 3.38. The van der Waals surface area contributed by atoms with Crippen molar-refractivity contribution in [1.82, 2.24) is 10.2 Å². The maximum atomic E-state index is 13.9. The molecule has 1 aliphatic rings. The normalized spacial score (nSPS) is 18.8. The summed E-state index contributed by atoms with van der Waals surface area (Å²) in [5.74, 6) is -2.83. The van der Waals surface area contributed by atoms with Crippen LogP contribution in [0.15, 0.2) is 10.5 Å². The van der Waals surface area contributed by atoms with Crippen LogP contribution in [0.25, 0.3) is 0 Å².